The Morgan fingerprint density at radius 3 is 2.25 bits per heavy atom. The molecule has 0 aliphatic heterocycles. The lowest BCUT2D eigenvalue weighted by molar-refractivity contribution is 0.103. The fourth-order valence-corrected chi connectivity index (χ4v) is 5.21. The highest BCUT2D eigenvalue weighted by Gasteiger charge is 2.18. The van der Waals surface area contributed by atoms with Crippen LogP contribution in [-0.4, -0.2) is 5.78 Å². The van der Waals surface area contributed by atoms with Crippen LogP contribution in [0.4, 0.5) is 0 Å². The molecule has 0 saturated carbocycles. The first-order valence-corrected chi connectivity index (χ1v) is 7.77. The van der Waals surface area contributed by atoms with Crippen molar-refractivity contribution >= 4 is 60.3 Å². The van der Waals surface area contributed by atoms with E-state index in [1.165, 1.54) is 16.2 Å². The Kier molecular flexibility index (Phi) is 3.69. The van der Waals surface area contributed by atoms with Gasteiger partial charge in [0.1, 0.15) is 0 Å². The van der Waals surface area contributed by atoms with E-state index < -0.39 is 0 Å². The first-order valence-electron chi connectivity index (χ1n) is 4.55. The van der Waals surface area contributed by atoms with Crippen molar-refractivity contribution in [1.82, 2.24) is 0 Å². The Morgan fingerprint density at radius 1 is 1.12 bits per heavy atom. The SMILES string of the molecule is Cc1cc(C(=O)c2cc(Br)sc2Br)c(C)s1. The monoisotopic (exact) mass is 378 g/mol. The standard InChI is InChI=1S/C11H8Br2OS2/c1-5-3-7(6(2)15-5)10(14)8-4-9(12)16-11(8)13/h3-4H,1-2H3. The molecule has 1 nitrogen and oxygen atoms in total. The number of ketones is 1. The molecule has 0 aliphatic rings. The molecule has 0 saturated heterocycles. The molecule has 0 atom stereocenters. The molecule has 16 heavy (non-hydrogen) atoms. The van der Waals surface area contributed by atoms with Gasteiger partial charge in [0.05, 0.1) is 7.57 Å². The highest BCUT2D eigenvalue weighted by molar-refractivity contribution is 9.12. The van der Waals surface area contributed by atoms with Gasteiger partial charge in [-0.3, -0.25) is 4.79 Å². The lowest BCUT2D eigenvalue weighted by atomic mass is 10.1. The minimum Gasteiger partial charge on any atom is -0.288 e. The molecule has 84 valence electrons. The summed E-state index contributed by atoms with van der Waals surface area (Å²) < 4.78 is 1.85. The highest BCUT2D eigenvalue weighted by atomic mass is 79.9. The fourth-order valence-electron chi connectivity index (χ4n) is 1.50. The largest absolute Gasteiger partial charge is 0.288 e. The molecule has 2 rings (SSSR count). The van der Waals surface area contributed by atoms with Crippen molar-refractivity contribution < 1.29 is 4.79 Å². The maximum Gasteiger partial charge on any atom is 0.196 e. The summed E-state index contributed by atoms with van der Waals surface area (Å²) in [5, 5.41) is 0. The fraction of sp³-hybridized carbons (Fsp3) is 0.182. The zero-order chi connectivity index (χ0) is 11.9. The van der Waals surface area contributed by atoms with Gasteiger partial charge in [-0.2, -0.15) is 0 Å². The van der Waals surface area contributed by atoms with E-state index in [0.717, 1.165) is 23.6 Å². The highest BCUT2D eigenvalue weighted by Crippen LogP contribution is 2.34. The van der Waals surface area contributed by atoms with E-state index in [2.05, 4.69) is 31.9 Å². The molecule has 0 radical (unpaired) electrons. The molecule has 0 amide bonds. The van der Waals surface area contributed by atoms with E-state index in [0.29, 0.717) is 0 Å². The Labute approximate surface area is 119 Å². The van der Waals surface area contributed by atoms with Crippen LogP contribution < -0.4 is 0 Å². The number of carbonyl (C=O) groups is 1. The summed E-state index contributed by atoms with van der Waals surface area (Å²) in [4.78, 5) is 14.5. The summed E-state index contributed by atoms with van der Waals surface area (Å²) in [5.41, 5.74) is 1.55. The molecule has 0 N–H and O–H groups in total. The summed E-state index contributed by atoms with van der Waals surface area (Å²) in [6.07, 6.45) is 0. The molecule has 0 unspecified atom stereocenters. The van der Waals surface area contributed by atoms with Crippen molar-refractivity contribution in [2.75, 3.05) is 0 Å². The van der Waals surface area contributed by atoms with Gasteiger partial charge in [-0.25, -0.2) is 0 Å². The van der Waals surface area contributed by atoms with Gasteiger partial charge < -0.3 is 0 Å². The lowest BCUT2D eigenvalue weighted by Crippen LogP contribution is -2.00. The van der Waals surface area contributed by atoms with Crippen molar-refractivity contribution in [1.29, 1.82) is 0 Å². The molecule has 2 heterocycles. The minimum absolute atomic E-state index is 0.0932. The van der Waals surface area contributed by atoms with E-state index in [9.17, 15) is 4.79 Å². The summed E-state index contributed by atoms with van der Waals surface area (Å²) in [7, 11) is 0. The molecular formula is C11H8Br2OS2. The van der Waals surface area contributed by atoms with E-state index in [1.807, 2.05) is 26.0 Å². The normalized spacial score (nSPS) is 10.8. The Morgan fingerprint density at radius 2 is 1.81 bits per heavy atom. The van der Waals surface area contributed by atoms with Crippen LogP contribution in [0, 0.1) is 13.8 Å². The molecule has 0 fully saturated rings. The van der Waals surface area contributed by atoms with Crippen LogP contribution in [-0.2, 0) is 0 Å². The zero-order valence-electron chi connectivity index (χ0n) is 8.64. The molecule has 0 spiro atoms. The number of carbonyl (C=O) groups excluding carboxylic acids is 1. The zero-order valence-corrected chi connectivity index (χ0v) is 13.4. The van der Waals surface area contributed by atoms with Gasteiger partial charge in [-0.15, -0.1) is 22.7 Å². The second-order valence-corrected chi connectivity index (χ2v) is 8.60. The quantitative estimate of drug-likeness (QED) is 0.656. The smallest absolute Gasteiger partial charge is 0.196 e. The van der Waals surface area contributed by atoms with E-state index >= 15 is 0 Å². The predicted molar refractivity (Wildman–Crippen MR) is 76.9 cm³/mol. The van der Waals surface area contributed by atoms with Crippen LogP contribution in [0.25, 0.3) is 0 Å². The molecule has 0 bridgehead atoms. The molecule has 5 heteroatoms. The molecular weight excluding hydrogens is 372 g/mol. The van der Waals surface area contributed by atoms with Gasteiger partial charge in [0, 0.05) is 20.9 Å². The van der Waals surface area contributed by atoms with E-state index in [4.69, 9.17) is 0 Å². The Hall–Kier alpha value is 0.0300. The van der Waals surface area contributed by atoms with E-state index in [-0.39, 0.29) is 5.78 Å². The molecule has 2 aromatic heterocycles. The number of halogens is 2. The predicted octanol–water partition coefficient (Wildman–Crippen LogP) is 5.18. The second kappa shape index (κ2) is 4.72. The van der Waals surface area contributed by atoms with Crippen LogP contribution in [0.2, 0.25) is 0 Å². The van der Waals surface area contributed by atoms with Gasteiger partial charge in [0.2, 0.25) is 0 Å². The van der Waals surface area contributed by atoms with Crippen molar-refractivity contribution in [3.8, 4) is 0 Å². The summed E-state index contributed by atoms with van der Waals surface area (Å²) >= 11 is 9.99. The Balaban J connectivity index is 2.46. The first-order chi connectivity index (χ1) is 7.49. The van der Waals surface area contributed by atoms with Crippen molar-refractivity contribution in [3.63, 3.8) is 0 Å². The topological polar surface area (TPSA) is 17.1 Å². The van der Waals surface area contributed by atoms with Crippen molar-refractivity contribution in [2.45, 2.75) is 13.8 Å². The van der Waals surface area contributed by atoms with E-state index in [1.54, 1.807) is 11.3 Å². The maximum atomic E-state index is 12.3. The number of thiophene rings is 2. The van der Waals surface area contributed by atoms with Gasteiger partial charge in [-0.1, -0.05) is 0 Å². The number of rotatable bonds is 2. The maximum absolute atomic E-state index is 12.3. The van der Waals surface area contributed by atoms with Gasteiger partial charge in [0.25, 0.3) is 0 Å². The second-order valence-electron chi connectivity index (χ2n) is 3.39. The third kappa shape index (κ3) is 2.32. The van der Waals surface area contributed by atoms with Crippen molar-refractivity contribution in [3.05, 3.63) is 40.6 Å². The average molecular weight is 380 g/mol. The lowest BCUT2D eigenvalue weighted by Gasteiger charge is -1.97. The van der Waals surface area contributed by atoms with Gasteiger partial charge in [-0.05, 0) is 57.8 Å². The van der Waals surface area contributed by atoms with Crippen LogP contribution in [0.15, 0.2) is 19.7 Å². The average Bonchev–Trinajstić information content (AvgIpc) is 2.68. The number of aryl methyl sites for hydroxylation is 2. The minimum atomic E-state index is 0.0932. The van der Waals surface area contributed by atoms with Crippen LogP contribution >= 0.6 is 54.5 Å². The Bertz CT molecular complexity index is 506. The summed E-state index contributed by atoms with van der Waals surface area (Å²) in [5.74, 6) is 0.0932. The van der Waals surface area contributed by atoms with Gasteiger partial charge >= 0.3 is 0 Å². The number of hydrogen-bond acceptors (Lipinski definition) is 3. The van der Waals surface area contributed by atoms with Crippen LogP contribution in [0.1, 0.15) is 25.7 Å². The molecule has 2 aromatic rings. The summed E-state index contributed by atoms with van der Waals surface area (Å²) in [6, 6.07) is 3.82. The molecule has 0 aliphatic carbocycles. The van der Waals surface area contributed by atoms with Crippen LogP contribution in [0.3, 0.4) is 0 Å². The number of hydrogen-bond donors (Lipinski definition) is 0. The first kappa shape index (κ1) is 12.5. The third-order valence-corrected chi connectivity index (χ3v) is 5.49. The van der Waals surface area contributed by atoms with Crippen molar-refractivity contribution in [2.24, 2.45) is 0 Å². The van der Waals surface area contributed by atoms with Gasteiger partial charge in [0.15, 0.2) is 5.78 Å². The van der Waals surface area contributed by atoms with Crippen LogP contribution in [0.5, 0.6) is 0 Å². The third-order valence-electron chi connectivity index (χ3n) is 2.19. The summed E-state index contributed by atoms with van der Waals surface area (Å²) in [6.45, 7) is 4.01. The molecule has 0 aromatic carbocycles.